The number of imide groups is 1. The molecule has 23 heavy (non-hydrogen) atoms. The summed E-state index contributed by atoms with van der Waals surface area (Å²) in [5.41, 5.74) is 1.30. The van der Waals surface area contributed by atoms with Crippen LogP contribution in [0.3, 0.4) is 0 Å². The van der Waals surface area contributed by atoms with E-state index in [1.807, 2.05) is 0 Å². The van der Waals surface area contributed by atoms with Crippen LogP contribution in [-0.2, 0) is 30.3 Å². The van der Waals surface area contributed by atoms with Crippen molar-refractivity contribution in [2.75, 3.05) is 25.1 Å². The third-order valence-electron chi connectivity index (χ3n) is 3.04. The van der Waals surface area contributed by atoms with Crippen LogP contribution in [0.5, 0.6) is 0 Å². The molecule has 1 N–H and O–H groups in total. The van der Waals surface area contributed by atoms with E-state index in [0.717, 1.165) is 4.90 Å². The third kappa shape index (κ3) is 4.80. The lowest BCUT2D eigenvalue weighted by molar-refractivity contribution is -0.150. The topological polar surface area (TPSA) is 102 Å². The Morgan fingerprint density at radius 2 is 1.96 bits per heavy atom. The van der Waals surface area contributed by atoms with Gasteiger partial charge in [-0.2, -0.15) is 0 Å². The fourth-order valence-corrected chi connectivity index (χ4v) is 1.97. The number of hydrogen-bond acceptors (Lipinski definition) is 6. The Balaban J connectivity index is 1.79. The lowest BCUT2D eigenvalue weighted by Crippen LogP contribution is -2.35. The number of anilines is 1. The van der Waals surface area contributed by atoms with Crippen LogP contribution in [0.25, 0.3) is 0 Å². The van der Waals surface area contributed by atoms with Crippen molar-refractivity contribution in [2.45, 2.75) is 13.3 Å². The van der Waals surface area contributed by atoms with Crippen LogP contribution in [0.4, 0.5) is 10.5 Å². The number of amides is 3. The quantitative estimate of drug-likeness (QED) is 0.802. The van der Waals surface area contributed by atoms with E-state index in [1.54, 1.807) is 24.3 Å². The molecule has 1 heterocycles. The molecule has 2 rings (SSSR count). The highest BCUT2D eigenvalue weighted by molar-refractivity contribution is 5.94. The molecule has 1 aromatic carbocycles. The smallest absolute Gasteiger partial charge is 0.416 e. The number of nitrogens with one attached hydrogen (secondary N) is 1. The van der Waals surface area contributed by atoms with Crippen molar-refractivity contribution in [1.82, 2.24) is 4.90 Å². The highest BCUT2D eigenvalue weighted by Crippen LogP contribution is 2.10. The minimum atomic E-state index is -0.723. The van der Waals surface area contributed by atoms with Crippen LogP contribution in [0.15, 0.2) is 24.3 Å². The number of nitrogens with zero attached hydrogens (tertiary/aromatic N) is 1. The first kappa shape index (κ1) is 16.5. The van der Waals surface area contributed by atoms with Crippen molar-refractivity contribution >= 4 is 29.6 Å². The molecule has 0 aromatic heterocycles. The molecule has 0 saturated carbocycles. The predicted octanol–water partition coefficient (Wildman–Crippen LogP) is 0.709. The lowest BCUT2D eigenvalue weighted by Gasteiger charge is -2.11. The Bertz CT molecular complexity index is 625. The van der Waals surface area contributed by atoms with Gasteiger partial charge in [-0.15, -0.1) is 0 Å². The largest absolute Gasteiger partial charge is 0.455 e. The first-order valence-corrected chi connectivity index (χ1v) is 6.95. The maximum absolute atomic E-state index is 11.7. The number of rotatable bonds is 5. The number of carbonyl (C=O) groups is 4. The molecule has 8 heteroatoms. The van der Waals surface area contributed by atoms with Gasteiger partial charge in [0.2, 0.25) is 5.91 Å². The summed E-state index contributed by atoms with van der Waals surface area (Å²) >= 11 is 0. The summed E-state index contributed by atoms with van der Waals surface area (Å²) in [5, 5.41) is 2.61. The molecule has 0 spiro atoms. The highest BCUT2D eigenvalue weighted by Gasteiger charge is 2.28. The summed E-state index contributed by atoms with van der Waals surface area (Å²) in [5.74, 6) is -1.38. The standard InChI is InChI=1S/C15H16N2O6/c1-10(18)16-12-4-2-11(3-5-12)8-14(20)23-9-13(19)17-6-7-22-15(17)21/h2-5H,6-9H2,1H3,(H,16,18). The van der Waals surface area contributed by atoms with E-state index in [9.17, 15) is 19.2 Å². The minimum absolute atomic E-state index is 0.0158. The number of ether oxygens (including phenoxy) is 2. The van der Waals surface area contributed by atoms with Crippen LogP contribution in [-0.4, -0.2) is 48.5 Å². The Kier molecular flexibility index (Phi) is 5.29. The zero-order valence-electron chi connectivity index (χ0n) is 12.5. The first-order chi connectivity index (χ1) is 11.0. The summed E-state index contributed by atoms with van der Waals surface area (Å²) in [6, 6.07) is 6.67. The molecule has 0 aliphatic carbocycles. The van der Waals surface area contributed by atoms with Crippen molar-refractivity contribution in [3.63, 3.8) is 0 Å². The molecule has 0 radical (unpaired) electrons. The van der Waals surface area contributed by atoms with Gasteiger partial charge in [-0.3, -0.25) is 14.4 Å². The number of hydrogen-bond donors (Lipinski definition) is 1. The van der Waals surface area contributed by atoms with Crippen LogP contribution in [0.1, 0.15) is 12.5 Å². The maximum atomic E-state index is 11.7. The molecule has 1 saturated heterocycles. The molecule has 0 unspecified atom stereocenters. The van der Waals surface area contributed by atoms with Crippen molar-refractivity contribution in [3.05, 3.63) is 29.8 Å². The Morgan fingerprint density at radius 1 is 1.26 bits per heavy atom. The number of cyclic esters (lactones) is 1. The third-order valence-corrected chi connectivity index (χ3v) is 3.04. The van der Waals surface area contributed by atoms with E-state index in [4.69, 9.17) is 4.74 Å². The molecule has 122 valence electrons. The molecule has 8 nitrogen and oxygen atoms in total. The zero-order valence-corrected chi connectivity index (χ0v) is 12.5. The van der Waals surface area contributed by atoms with E-state index in [-0.39, 0.29) is 25.5 Å². The van der Waals surface area contributed by atoms with Gasteiger partial charge < -0.3 is 14.8 Å². The molecular weight excluding hydrogens is 304 g/mol. The molecule has 1 aliphatic heterocycles. The fourth-order valence-electron chi connectivity index (χ4n) is 1.97. The van der Waals surface area contributed by atoms with Crippen molar-refractivity contribution in [2.24, 2.45) is 0 Å². The van der Waals surface area contributed by atoms with Crippen LogP contribution < -0.4 is 5.32 Å². The van der Waals surface area contributed by atoms with Gasteiger partial charge in [0.05, 0.1) is 13.0 Å². The average Bonchev–Trinajstić information content (AvgIpc) is 2.92. The number of carbonyl (C=O) groups excluding carboxylic acids is 4. The van der Waals surface area contributed by atoms with E-state index in [2.05, 4.69) is 10.1 Å². The fraction of sp³-hybridized carbons (Fsp3) is 0.333. The second kappa shape index (κ2) is 7.39. The van der Waals surface area contributed by atoms with Crippen LogP contribution >= 0.6 is 0 Å². The Hall–Kier alpha value is -2.90. The van der Waals surface area contributed by atoms with Crippen LogP contribution in [0, 0.1) is 0 Å². The molecular formula is C15H16N2O6. The normalized spacial score (nSPS) is 13.4. The van der Waals surface area contributed by atoms with Gasteiger partial charge >= 0.3 is 12.1 Å². The zero-order chi connectivity index (χ0) is 16.8. The summed E-state index contributed by atoms with van der Waals surface area (Å²) in [6.07, 6.45) is -0.738. The average molecular weight is 320 g/mol. The Labute approximate surface area is 132 Å². The lowest BCUT2D eigenvalue weighted by atomic mass is 10.1. The van der Waals surface area contributed by atoms with Crippen molar-refractivity contribution in [3.8, 4) is 0 Å². The van der Waals surface area contributed by atoms with Gasteiger partial charge in [0, 0.05) is 12.6 Å². The molecule has 0 bridgehead atoms. The Morgan fingerprint density at radius 3 is 2.52 bits per heavy atom. The van der Waals surface area contributed by atoms with Crippen molar-refractivity contribution in [1.29, 1.82) is 0 Å². The second-order valence-electron chi connectivity index (χ2n) is 4.88. The highest BCUT2D eigenvalue weighted by atomic mass is 16.6. The SMILES string of the molecule is CC(=O)Nc1ccc(CC(=O)OCC(=O)N2CCOC2=O)cc1. The van der Waals surface area contributed by atoms with Gasteiger partial charge in [-0.05, 0) is 17.7 Å². The van der Waals surface area contributed by atoms with E-state index in [1.165, 1.54) is 6.92 Å². The maximum Gasteiger partial charge on any atom is 0.416 e. The summed E-state index contributed by atoms with van der Waals surface area (Å²) in [4.78, 5) is 46.3. The minimum Gasteiger partial charge on any atom is -0.455 e. The summed E-state index contributed by atoms with van der Waals surface area (Å²) < 4.78 is 9.48. The second-order valence-corrected chi connectivity index (χ2v) is 4.88. The van der Waals surface area contributed by atoms with Gasteiger partial charge in [0.1, 0.15) is 6.61 Å². The summed E-state index contributed by atoms with van der Waals surface area (Å²) in [7, 11) is 0. The van der Waals surface area contributed by atoms with Gasteiger partial charge in [-0.25, -0.2) is 9.69 Å². The van der Waals surface area contributed by atoms with E-state index < -0.39 is 24.6 Å². The molecule has 1 aromatic rings. The monoisotopic (exact) mass is 320 g/mol. The predicted molar refractivity (Wildman–Crippen MR) is 78.5 cm³/mol. The van der Waals surface area contributed by atoms with E-state index in [0.29, 0.717) is 11.3 Å². The number of benzene rings is 1. The molecule has 0 atom stereocenters. The van der Waals surface area contributed by atoms with Gasteiger partial charge in [0.25, 0.3) is 5.91 Å². The molecule has 3 amide bonds. The number of esters is 1. The van der Waals surface area contributed by atoms with Gasteiger partial charge in [0.15, 0.2) is 6.61 Å². The first-order valence-electron chi connectivity index (χ1n) is 6.95. The van der Waals surface area contributed by atoms with Crippen molar-refractivity contribution < 1.29 is 28.7 Å². The summed E-state index contributed by atoms with van der Waals surface area (Å²) in [6.45, 7) is 1.22. The molecule has 1 aliphatic rings. The van der Waals surface area contributed by atoms with E-state index >= 15 is 0 Å². The molecule has 1 fully saturated rings. The van der Waals surface area contributed by atoms with Crippen LogP contribution in [0.2, 0.25) is 0 Å². The van der Waals surface area contributed by atoms with Gasteiger partial charge in [-0.1, -0.05) is 12.1 Å².